The van der Waals surface area contributed by atoms with E-state index in [1.807, 2.05) is 0 Å². The van der Waals surface area contributed by atoms with Crippen molar-refractivity contribution in [2.45, 2.75) is 6.10 Å². The fraction of sp³-hybridized carbons (Fsp3) is 0.889. The van der Waals surface area contributed by atoms with Crippen molar-refractivity contribution in [3.05, 3.63) is 0 Å². The zero-order valence-corrected chi connectivity index (χ0v) is 9.12. The fourth-order valence-corrected chi connectivity index (χ4v) is 1.69. The monoisotopic (exact) mass is 238 g/mol. The molecule has 0 spiro atoms. The molecule has 0 aromatic carbocycles. The van der Waals surface area contributed by atoms with Crippen LogP contribution in [0.15, 0.2) is 0 Å². The van der Waals surface area contributed by atoms with Gasteiger partial charge in [-0.2, -0.15) is 0 Å². The molecule has 0 bridgehead atoms. The summed E-state index contributed by atoms with van der Waals surface area (Å²) in [6.45, 7) is -0.190. The number of hydrogen-bond donors (Lipinski definition) is 5. The molecule has 0 aliphatic heterocycles. The Labute approximate surface area is 93.8 Å². The van der Waals surface area contributed by atoms with Crippen LogP contribution in [0, 0.1) is 0 Å². The molecule has 0 rings (SSSR count). The molecule has 0 amide bonds. The first-order chi connectivity index (χ1) is 7.51. The second kappa shape index (κ2) is 7.53. The topological polar surface area (TPSA) is 118 Å². The average molecular weight is 238 g/mol. The minimum Gasteiger partial charge on any atom is -0.479 e. The highest BCUT2D eigenvalue weighted by molar-refractivity contribution is 5.71. The highest BCUT2D eigenvalue weighted by Gasteiger charge is 2.32. The maximum absolute atomic E-state index is 10.5. The molecule has 0 fully saturated rings. The summed E-state index contributed by atoms with van der Waals surface area (Å²) >= 11 is 0. The molecule has 7 nitrogen and oxygen atoms in total. The lowest BCUT2D eigenvalue weighted by molar-refractivity contribution is -0.930. The van der Waals surface area contributed by atoms with Crippen LogP contribution in [0.3, 0.4) is 0 Å². The Balaban J connectivity index is 4.64. The minimum atomic E-state index is -1.57. The Morgan fingerprint density at radius 2 is 1.38 bits per heavy atom. The molecule has 0 aromatic heterocycles. The summed E-state index contributed by atoms with van der Waals surface area (Å²) in [5.74, 6) is -1.35. The van der Waals surface area contributed by atoms with Gasteiger partial charge >= 0.3 is 5.97 Å². The Morgan fingerprint density at radius 1 is 1.00 bits per heavy atom. The first kappa shape index (κ1) is 15.3. The summed E-state index contributed by atoms with van der Waals surface area (Å²) in [5.41, 5.74) is 0. The van der Waals surface area contributed by atoms with Crippen molar-refractivity contribution in [3.63, 3.8) is 0 Å². The predicted octanol–water partition coefficient (Wildman–Crippen LogP) is -2.77. The lowest BCUT2D eigenvalue weighted by atomic mass is 10.2. The summed E-state index contributed by atoms with van der Waals surface area (Å²) in [6, 6.07) is 0. The van der Waals surface area contributed by atoms with Crippen LogP contribution in [0.25, 0.3) is 0 Å². The van der Waals surface area contributed by atoms with Gasteiger partial charge in [0.25, 0.3) is 0 Å². The lowest BCUT2D eigenvalue weighted by Gasteiger charge is -2.38. The van der Waals surface area contributed by atoms with Gasteiger partial charge < -0.3 is 30.0 Å². The predicted molar refractivity (Wildman–Crippen MR) is 54.6 cm³/mol. The normalized spacial score (nSPS) is 13.8. The molecular weight excluding hydrogens is 218 g/mol. The Morgan fingerprint density at radius 3 is 1.62 bits per heavy atom. The number of carboxylic acids is 1. The van der Waals surface area contributed by atoms with Crippen LogP contribution in [0.2, 0.25) is 0 Å². The van der Waals surface area contributed by atoms with Gasteiger partial charge in [-0.1, -0.05) is 0 Å². The molecule has 0 heterocycles. The number of aliphatic hydroxyl groups is 4. The fourth-order valence-electron chi connectivity index (χ4n) is 1.69. The largest absolute Gasteiger partial charge is 0.479 e. The molecule has 0 radical (unpaired) electrons. The van der Waals surface area contributed by atoms with Gasteiger partial charge in [-0.15, -0.1) is 0 Å². The highest BCUT2D eigenvalue weighted by atomic mass is 16.4. The Hall–Kier alpha value is -0.730. The van der Waals surface area contributed by atoms with E-state index < -0.39 is 12.1 Å². The number of carbonyl (C=O) groups is 1. The number of nitrogens with zero attached hydrogens (tertiary/aromatic N) is 1. The van der Waals surface area contributed by atoms with Crippen molar-refractivity contribution in [3.8, 4) is 0 Å². The van der Waals surface area contributed by atoms with E-state index in [-0.39, 0.29) is 50.5 Å². The maximum atomic E-state index is 10.5. The lowest BCUT2D eigenvalue weighted by Crippen LogP contribution is -2.57. The van der Waals surface area contributed by atoms with E-state index >= 15 is 0 Å². The molecule has 5 N–H and O–H groups in total. The number of aliphatic carboxylic acids is 1. The summed E-state index contributed by atoms with van der Waals surface area (Å²) in [7, 11) is 0. The Bertz CT molecular complexity index is 193. The molecule has 0 aromatic rings. The van der Waals surface area contributed by atoms with Crippen LogP contribution >= 0.6 is 0 Å². The van der Waals surface area contributed by atoms with Gasteiger partial charge in [0.05, 0.1) is 19.8 Å². The van der Waals surface area contributed by atoms with E-state index in [1.54, 1.807) is 0 Å². The molecule has 16 heavy (non-hydrogen) atoms. The van der Waals surface area contributed by atoms with E-state index in [2.05, 4.69) is 0 Å². The molecule has 0 aliphatic carbocycles. The van der Waals surface area contributed by atoms with Gasteiger partial charge in [-0.3, -0.25) is 0 Å². The van der Waals surface area contributed by atoms with E-state index in [0.717, 1.165) is 0 Å². The van der Waals surface area contributed by atoms with Crippen molar-refractivity contribution in [1.29, 1.82) is 0 Å². The Kier molecular flexibility index (Phi) is 7.18. The van der Waals surface area contributed by atoms with Gasteiger partial charge in [-0.05, 0) is 0 Å². The van der Waals surface area contributed by atoms with E-state index in [4.69, 9.17) is 20.4 Å². The summed E-state index contributed by atoms with van der Waals surface area (Å²) < 4.78 is -0.0169. The number of carboxylic acid groups (broad SMARTS) is 1. The summed E-state index contributed by atoms with van der Waals surface area (Å²) in [5, 5.41) is 44.6. The van der Waals surface area contributed by atoms with E-state index in [1.165, 1.54) is 0 Å². The van der Waals surface area contributed by atoms with Gasteiger partial charge in [0, 0.05) is 0 Å². The van der Waals surface area contributed by atoms with Crippen LogP contribution in [-0.4, -0.2) is 88.1 Å². The van der Waals surface area contributed by atoms with E-state index in [9.17, 15) is 9.90 Å². The SMILES string of the molecule is O=C(O)C(O)C[N+](CCO)(CCO)CCO. The standard InChI is InChI=1S/C9H19NO6/c11-4-1-10(2-5-12,3-6-13)7-8(14)9(15)16/h8,11-14H,1-7H2/p+1. The van der Waals surface area contributed by atoms with Gasteiger partial charge in [-0.25, -0.2) is 4.79 Å². The van der Waals surface area contributed by atoms with Crippen LogP contribution in [0.5, 0.6) is 0 Å². The van der Waals surface area contributed by atoms with Crippen molar-refractivity contribution >= 4 is 5.97 Å². The second-order valence-electron chi connectivity index (χ2n) is 3.72. The zero-order valence-electron chi connectivity index (χ0n) is 9.12. The molecule has 7 heteroatoms. The average Bonchev–Trinajstić information content (AvgIpc) is 2.18. The molecule has 1 atom stereocenters. The number of hydrogen-bond acceptors (Lipinski definition) is 5. The number of rotatable bonds is 9. The quantitative estimate of drug-likeness (QED) is 0.277. The van der Waals surface area contributed by atoms with Crippen molar-refractivity contribution in [2.75, 3.05) is 46.0 Å². The highest BCUT2D eigenvalue weighted by Crippen LogP contribution is 2.08. The molecule has 0 saturated heterocycles. The third-order valence-electron chi connectivity index (χ3n) is 2.57. The van der Waals surface area contributed by atoms with Crippen molar-refractivity contribution in [1.82, 2.24) is 0 Å². The van der Waals surface area contributed by atoms with Crippen molar-refractivity contribution in [2.24, 2.45) is 0 Å². The van der Waals surface area contributed by atoms with Gasteiger partial charge in [0.15, 0.2) is 0 Å². The van der Waals surface area contributed by atoms with Crippen LogP contribution in [0.4, 0.5) is 0 Å². The second-order valence-corrected chi connectivity index (χ2v) is 3.72. The minimum absolute atomic E-state index is 0.0169. The van der Waals surface area contributed by atoms with Crippen LogP contribution in [0.1, 0.15) is 0 Å². The molecule has 1 unspecified atom stereocenters. The first-order valence-electron chi connectivity index (χ1n) is 5.10. The van der Waals surface area contributed by atoms with Crippen LogP contribution in [-0.2, 0) is 4.79 Å². The molecule has 0 aliphatic rings. The summed E-state index contributed by atoms with van der Waals surface area (Å²) in [6.07, 6.45) is -1.57. The van der Waals surface area contributed by atoms with Gasteiger partial charge in [0.1, 0.15) is 26.2 Å². The number of aliphatic hydroxyl groups excluding tert-OH is 4. The third-order valence-corrected chi connectivity index (χ3v) is 2.57. The molecular formula is C9H20NO6+. The maximum Gasteiger partial charge on any atom is 0.338 e. The summed E-state index contributed by atoms with van der Waals surface area (Å²) in [4.78, 5) is 10.5. The first-order valence-corrected chi connectivity index (χ1v) is 5.10. The molecule has 0 saturated carbocycles. The zero-order chi connectivity index (χ0) is 12.6. The van der Waals surface area contributed by atoms with Crippen LogP contribution < -0.4 is 0 Å². The molecule has 96 valence electrons. The van der Waals surface area contributed by atoms with Gasteiger partial charge in [0.2, 0.25) is 6.10 Å². The third kappa shape index (κ3) is 4.86. The van der Waals surface area contributed by atoms with E-state index in [0.29, 0.717) is 0 Å². The smallest absolute Gasteiger partial charge is 0.338 e. The van der Waals surface area contributed by atoms with Crippen molar-refractivity contribution < 1.29 is 34.8 Å². The number of quaternary nitrogens is 1.